The lowest BCUT2D eigenvalue weighted by Crippen LogP contribution is -2.34. The molecule has 0 radical (unpaired) electrons. The minimum Gasteiger partial charge on any atom is -0.459 e. The molecule has 116 valence electrons. The summed E-state index contributed by atoms with van der Waals surface area (Å²) < 4.78 is 5.03. The van der Waals surface area contributed by atoms with Gasteiger partial charge in [-0.15, -0.1) is 0 Å². The van der Waals surface area contributed by atoms with E-state index in [2.05, 4.69) is 10.6 Å². The third-order valence-electron chi connectivity index (χ3n) is 3.09. The molecule has 2 N–H and O–H groups in total. The molecule has 0 saturated heterocycles. The Morgan fingerprint density at radius 2 is 1.77 bits per heavy atom. The van der Waals surface area contributed by atoms with Gasteiger partial charge in [0.2, 0.25) is 5.91 Å². The van der Waals surface area contributed by atoms with Crippen LogP contribution in [0.15, 0.2) is 47.1 Å². The van der Waals surface area contributed by atoms with Gasteiger partial charge in [-0.1, -0.05) is 32.9 Å². The summed E-state index contributed by atoms with van der Waals surface area (Å²) in [6.07, 6.45) is 1.45. The second kappa shape index (κ2) is 6.47. The summed E-state index contributed by atoms with van der Waals surface area (Å²) in [5.41, 5.74) is 1.23. The minimum absolute atomic E-state index is 0.00250. The highest BCUT2D eigenvalue weighted by molar-refractivity contribution is 6.02. The van der Waals surface area contributed by atoms with Crippen molar-refractivity contribution in [1.82, 2.24) is 5.32 Å². The molecule has 0 aliphatic heterocycles. The first kappa shape index (κ1) is 15.8. The predicted molar refractivity (Wildman–Crippen MR) is 84.4 cm³/mol. The van der Waals surface area contributed by atoms with Gasteiger partial charge >= 0.3 is 0 Å². The molecule has 0 atom stereocenters. The maximum Gasteiger partial charge on any atom is 0.291 e. The molecule has 0 aliphatic rings. The van der Waals surface area contributed by atoms with Crippen LogP contribution in [0.2, 0.25) is 0 Å². The lowest BCUT2D eigenvalue weighted by atomic mass is 9.95. The van der Waals surface area contributed by atoms with Crippen molar-refractivity contribution in [2.24, 2.45) is 5.41 Å². The first-order valence-electron chi connectivity index (χ1n) is 7.08. The quantitative estimate of drug-likeness (QED) is 0.911. The Morgan fingerprint density at radius 1 is 1.09 bits per heavy atom. The van der Waals surface area contributed by atoms with Crippen molar-refractivity contribution in [2.75, 3.05) is 5.32 Å². The fraction of sp³-hybridized carbons (Fsp3) is 0.294. The largest absolute Gasteiger partial charge is 0.459 e. The van der Waals surface area contributed by atoms with Crippen LogP contribution in [0.3, 0.4) is 0 Å². The highest BCUT2D eigenvalue weighted by Gasteiger charge is 2.20. The minimum atomic E-state index is -0.406. The highest BCUT2D eigenvalue weighted by Crippen LogP contribution is 2.14. The zero-order valence-electron chi connectivity index (χ0n) is 13.0. The Kier molecular flexibility index (Phi) is 4.65. The monoisotopic (exact) mass is 300 g/mol. The average molecular weight is 300 g/mol. The molecule has 2 rings (SSSR count). The van der Waals surface area contributed by atoms with E-state index in [0.717, 1.165) is 5.56 Å². The van der Waals surface area contributed by atoms with Crippen LogP contribution in [-0.4, -0.2) is 11.8 Å². The molecule has 0 unspecified atom stereocenters. The third kappa shape index (κ3) is 4.22. The van der Waals surface area contributed by atoms with Crippen LogP contribution >= 0.6 is 0 Å². The van der Waals surface area contributed by atoms with Crippen LogP contribution in [-0.2, 0) is 11.3 Å². The van der Waals surface area contributed by atoms with Gasteiger partial charge in [0.25, 0.3) is 5.91 Å². The SMILES string of the molecule is CC(C)(C)C(=O)NCc1ccc(NC(=O)c2ccco2)cc1. The fourth-order valence-corrected chi connectivity index (χ4v) is 1.75. The molecule has 2 aromatic rings. The number of hydrogen-bond donors (Lipinski definition) is 2. The lowest BCUT2D eigenvalue weighted by molar-refractivity contribution is -0.128. The molecule has 22 heavy (non-hydrogen) atoms. The van der Waals surface area contributed by atoms with E-state index < -0.39 is 5.41 Å². The summed E-state index contributed by atoms with van der Waals surface area (Å²) >= 11 is 0. The first-order valence-corrected chi connectivity index (χ1v) is 7.08. The van der Waals surface area contributed by atoms with Crippen molar-refractivity contribution in [3.8, 4) is 0 Å². The van der Waals surface area contributed by atoms with E-state index in [-0.39, 0.29) is 17.6 Å². The summed E-state index contributed by atoms with van der Waals surface area (Å²) in [7, 11) is 0. The number of carbonyl (C=O) groups excluding carboxylic acids is 2. The molecule has 5 heteroatoms. The second-order valence-electron chi connectivity index (χ2n) is 6.06. The zero-order chi connectivity index (χ0) is 16.2. The van der Waals surface area contributed by atoms with E-state index >= 15 is 0 Å². The molecule has 0 spiro atoms. The molecule has 1 aromatic heterocycles. The van der Waals surface area contributed by atoms with Crippen LogP contribution < -0.4 is 10.6 Å². The Balaban J connectivity index is 1.90. The topological polar surface area (TPSA) is 71.3 Å². The lowest BCUT2D eigenvalue weighted by Gasteiger charge is -2.17. The van der Waals surface area contributed by atoms with Crippen molar-refractivity contribution in [3.63, 3.8) is 0 Å². The van der Waals surface area contributed by atoms with Gasteiger partial charge in [0, 0.05) is 17.6 Å². The van der Waals surface area contributed by atoms with E-state index in [9.17, 15) is 9.59 Å². The number of amides is 2. The van der Waals surface area contributed by atoms with E-state index in [1.54, 1.807) is 24.3 Å². The zero-order valence-corrected chi connectivity index (χ0v) is 13.0. The Labute approximate surface area is 129 Å². The van der Waals surface area contributed by atoms with Gasteiger partial charge in [-0.3, -0.25) is 9.59 Å². The maximum absolute atomic E-state index is 11.8. The number of furan rings is 1. The van der Waals surface area contributed by atoms with Gasteiger partial charge in [-0.25, -0.2) is 0 Å². The summed E-state index contributed by atoms with van der Waals surface area (Å²) in [4.78, 5) is 23.6. The summed E-state index contributed by atoms with van der Waals surface area (Å²) in [6, 6.07) is 10.6. The molecular weight excluding hydrogens is 280 g/mol. The second-order valence-corrected chi connectivity index (χ2v) is 6.06. The Hall–Kier alpha value is -2.56. The van der Waals surface area contributed by atoms with Gasteiger partial charge < -0.3 is 15.1 Å². The number of hydrogen-bond acceptors (Lipinski definition) is 3. The summed E-state index contributed by atoms with van der Waals surface area (Å²) in [5, 5.41) is 5.62. The Morgan fingerprint density at radius 3 is 2.32 bits per heavy atom. The van der Waals surface area contributed by atoms with Crippen molar-refractivity contribution in [2.45, 2.75) is 27.3 Å². The fourth-order valence-electron chi connectivity index (χ4n) is 1.75. The Bertz CT molecular complexity index is 638. The summed E-state index contributed by atoms with van der Waals surface area (Å²) in [6.45, 7) is 6.07. The molecule has 1 heterocycles. The first-order chi connectivity index (χ1) is 10.4. The van der Waals surface area contributed by atoms with Crippen LogP contribution in [0.4, 0.5) is 5.69 Å². The normalized spacial score (nSPS) is 11.0. The maximum atomic E-state index is 11.8. The van der Waals surface area contributed by atoms with Gasteiger partial charge in [-0.2, -0.15) is 0 Å². The molecule has 0 saturated carbocycles. The van der Waals surface area contributed by atoms with Gasteiger partial charge in [0.15, 0.2) is 5.76 Å². The van der Waals surface area contributed by atoms with Crippen molar-refractivity contribution in [3.05, 3.63) is 54.0 Å². The van der Waals surface area contributed by atoms with E-state index in [1.807, 2.05) is 32.9 Å². The van der Waals surface area contributed by atoms with Crippen LogP contribution in [0.1, 0.15) is 36.9 Å². The number of rotatable bonds is 4. The number of benzene rings is 1. The van der Waals surface area contributed by atoms with Crippen LogP contribution in [0, 0.1) is 5.41 Å². The van der Waals surface area contributed by atoms with Crippen molar-refractivity contribution in [1.29, 1.82) is 0 Å². The van der Waals surface area contributed by atoms with Gasteiger partial charge in [0.05, 0.1) is 6.26 Å². The van der Waals surface area contributed by atoms with E-state index in [4.69, 9.17) is 4.42 Å². The summed E-state index contributed by atoms with van der Waals surface area (Å²) in [5.74, 6) is -0.0250. The number of anilines is 1. The molecule has 5 nitrogen and oxygen atoms in total. The smallest absolute Gasteiger partial charge is 0.291 e. The third-order valence-corrected chi connectivity index (χ3v) is 3.09. The van der Waals surface area contributed by atoms with Crippen LogP contribution in [0.5, 0.6) is 0 Å². The van der Waals surface area contributed by atoms with E-state index in [0.29, 0.717) is 12.2 Å². The molecule has 1 aromatic carbocycles. The van der Waals surface area contributed by atoms with Gasteiger partial charge in [-0.05, 0) is 29.8 Å². The predicted octanol–water partition coefficient (Wildman–Crippen LogP) is 3.19. The van der Waals surface area contributed by atoms with Crippen LogP contribution in [0.25, 0.3) is 0 Å². The molecule has 0 fully saturated rings. The molecule has 0 bridgehead atoms. The standard InChI is InChI=1S/C17H20N2O3/c1-17(2,3)16(21)18-11-12-6-8-13(9-7-12)19-15(20)14-5-4-10-22-14/h4-10H,11H2,1-3H3,(H,18,21)(H,19,20). The molecule has 0 aliphatic carbocycles. The number of nitrogens with one attached hydrogen (secondary N) is 2. The van der Waals surface area contributed by atoms with Crippen molar-refractivity contribution >= 4 is 17.5 Å². The molecular formula is C17H20N2O3. The average Bonchev–Trinajstić information content (AvgIpc) is 2.99. The highest BCUT2D eigenvalue weighted by atomic mass is 16.3. The van der Waals surface area contributed by atoms with E-state index in [1.165, 1.54) is 6.26 Å². The molecule has 2 amide bonds. The van der Waals surface area contributed by atoms with Gasteiger partial charge in [0.1, 0.15) is 0 Å². The van der Waals surface area contributed by atoms with Crippen molar-refractivity contribution < 1.29 is 14.0 Å². The number of carbonyl (C=O) groups is 2.